The molecule has 0 aliphatic heterocycles. The Morgan fingerprint density at radius 3 is 2.88 bits per heavy atom. The number of nitriles is 1. The predicted molar refractivity (Wildman–Crippen MR) is 66.1 cm³/mol. The largest absolute Gasteiger partial charge is 0.364 e. The van der Waals surface area contributed by atoms with Crippen LogP contribution in [0.1, 0.15) is 10.6 Å². The fourth-order valence-electron chi connectivity index (χ4n) is 1.10. The predicted octanol–water partition coefficient (Wildman–Crippen LogP) is 2.78. The van der Waals surface area contributed by atoms with Crippen LogP contribution in [-0.4, -0.2) is 9.97 Å². The number of rotatable bonds is 3. The molecule has 0 saturated carbocycles. The van der Waals surface area contributed by atoms with E-state index in [-0.39, 0.29) is 0 Å². The number of hydrogen-bond donors (Lipinski definition) is 1. The van der Waals surface area contributed by atoms with E-state index in [1.54, 1.807) is 17.5 Å². The van der Waals surface area contributed by atoms with Crippen LogP contribution in [0.5, 0.6) is 0 Å². The molecular weight excluding hydrogens is 288 g/mol. The maximum absolute atomic E-state index is 8.56. The van der Waals surface area contributed by atoms with E-state index in [1.807, 2.05) is 11.4 Å². The molecule has 2 aromatic heterocycles. The molecule has 16 heavy (non-hydrogen) atoms. The van der Waals surface area contributed by atoms with Crippen molar-refractivity contribution < 1.29 is 0 Å². The van der Waals surface area contributed by atoms with Gasteiger partial charge in [-0.2, -0.15) is 5.26 Å². The quantitative estimate of drug-likeness (QED) is 0.945. The second-order valence-corrected chi connectivity index (χ2v) is 4.89. The van der Waals surface area contributed by atoms with Gasteiger partial charge in [0.05, 0.1) is 18.9 Å². The van der Waals surface area contributed by atoms with E-state index in [9.17, 15) is 0 Å². The van der Waals surface area contributed by atoms with Crippen LogP contribution in [0.2, 0.25) is 0 Å². The topological polar surface area (TPSA) is 61.6 Å². The molecule has 1 N–H and O–H groups in total. The molecule has 6 heteroatoms. The smallest absolute Gasteiger partial charge is 0.158 e. The summed E-state index contributed by atoms with van der Waals surface area (Å²) in [6.45, 7) is 0.705. The van der Waals surface area contributed by atoms with Gasteiger partial charge in [0.2, 0.25) is 0 Å². The Morgan fingerprint density at radius 1 is 1.44 bits per heavy atom. The van der Waals surface area contributed by atoms with Crippen LogP contribution in [0.15, 0.2) is 28.3 Å². The zero-order chi connectivity index (χ0) is 11.4. The number of thiophene rings is 1. The highest BCUT2D eigenvalue weighted by Gasteiger charge is 1.99. The zero-order valence-electron chi connectivity index (χ0n) is 8.14. The minimum Gasteiger partial charge on any atom is -0.364 e. The highest BCUT2D eigenvalue weighted by Crippen LogP contribution is 2.20. The van der Waals surface area contributed by atoms with Crippen LogP contribution in [0.4, 0.5) is 5.82 Å². The molecule has 2 aromatic rings. The van der Waals surface area contributed by atoms with Crippen molar-refractivity contribution in [3.05, 3.63) is 38.9 Å². The molecule has 0 fully saturated rings. The standard InChI is InChI=1S/C10H7BrN4S/c11-7-1-9(16-6-7)4-15-10-5-13-8(2-12)3-14-10/h1,3,5-6H,4H2,(H,14,15). The summed E-state index contributed by atoms with van der Waals surface area (Å²) in [5.41, 5.74) is 0.324. The van der Waals surface area contributed by atoms with Gasteiger partial charge >= 0.3 is 0 Å². The average Bonchev–Trinajstić information content (AvgIpc) is 2.73. The maximum Gasteiger partial charge on any atom is 0.158 e. The minimum absolute atomic E-state index is 0.324. The summed E-state index contributed by atoms with van der Waals surface area (Å²) >= 11 is 5.06. The Labute approximate surface area is 105 Å². The first-order valence-electron chi connectivity index (χ1n) is 4.47. The van der Waals surface area contributed by atoms with Crippen LogP contribution in [-0.2, 0) is 6.54 Å². The van der Waals surface area contributed by atoms with Crippen molar-refractivity contribution in [2.24, 2.45) is 0 Å². The summed E-state index contributed by atoms with van der Waals surface area (Å²) in [4.78, 5) is 9.20. The summed E-state index contributed by atoms with van der Waals surface area (Å²) < 4.78 is 1.08. The summed E-state index contributed by atoms with van der Waals surface area (Å²) in [6, 6.07) is 3.98. The third-order valence-electron chi connectivity index (χ3n) is 1.83. The van der Waals surface area contributed by atoms with Gasteiger partial charge < -0.3 is 5.32 Å². The van der Waals surface area contributed by atoms with Crippen molar-refractivity contribution in [2.75, 3.05) is 5.32 Å². The van der Waals surface area contributed by atoms with Crippen LogP contribution >= 0.6 is 27.3 Å². The third-order valence-corrected chi connectivity index (χ3v) is 3.53. The van der Waals surface area contributed by atoms with Crippen LogP contribution in [0, 0.1) is 11.3 Å². The van der Waals surface area contributed by atoms with Crippen molar-refractivity contribution >= 4 is 33.1 Å². The lowest BCUT2D eigenvalue weighted by atomic mass is 10.4. The van der Waals surface area contributed by atoms with Gasteiger partial charge in [0.15, 0.2) is 5.69 Å². The number of nitrogens with zero attached hydrogens (tertiary/aromatic N) is 3. The monoisotopic (exact) mass is 294 g/mol. The molecule has 2 heterocycles. The molecule has 0 aromatic carbocycles. The Morgan fingerprint density at radius 2 is 2.31 bits per heavy atom. The number of aromatic nitrogens is 2. The van der Waals surface area contributed by atoms with E-state index in [1.165, 1.54) is 11.1 Å². The molecule has 0 radical (unpaired) electrons. The summed E-state index contributed by atoms with van der Waals surface area (Å²) in [7, 11) is 0. The van der Waals surface area contributed by atoms with E-state index < -0.39 is 0 Å². The van der Waals surface area contributed by atoms with Gasteiger partial charge in [0, 0.05) is 14.7 Å². The maximum atomic E-state index is 8.56. The van der Waals surface area contributed by atoms with Crippen molar-refractivity contribution in [3.8, 4) is 6.07 Å². The van der Waals surface area contributed by atoms with E-state index in [0.29, 0.717) is 18.1 Å². The van der Waals surface area contributed by atoms with Crippen molar-refractivity contribution in [3.63, 3.8) is 0 Å². The van der Waals surface area contributed by atoms with Gasteiger partial charge in [-0.3, -0.25) is 0 Å². The van der Waals surface area contributed by atoms with Gasteiger partial charge in [-0.25, -0.2) is 9.97 Å². The summed E-state index contributed by atoms with van der Waals surface area (Å²) in [5.74, 6) is 0.670. The van der Waals surface area contributed by atoms with Crippen LogP contribution in [0.3, 0.4) is 0 Å². The Bertz CT molecular complexity index is 514. The Kier molecular flexibility index (Phi) is 3.49. The number of hydrogen-bond acceptors (Lipinski definition) is 5. The molecule has 0 unspecified atom stereocenters. The molecule has 80 valence electrons. The Hall–Kier alpha value is -1.45. The second kappa shape index (κ2) is 5.05. The van der Waals surface area contributed by atoms with Gasteiger partial charge in [-0.15, -0.1) is 11.3 Å². The molecule has 4 nitrogen and oxygen atoms in total. The Balaban J connectivity index is 1.97. The van der Waals surface area contributed by atoms with Crippen molar-refractivity contribution in [2.45, 2.75) is 6.54 Å². The lowest BCUT2D eigenvalue weighted by Crippen LogP contribution is -2.00. The normalized spacial score (nSPS) is 9.75. The first-order chi connectivity index (χ1) is 7.78. The summed E-state index contributed by atoms with van der Waals surface area (Å²) in [6.07, 6.45) is 3.01. The highest BCUT2D eigenvalue weighted by molar-refractivity contribution is 9.10. The first-order valence-corrected chi connectivity index (χ1v) is 6.14. The van der Waals surface area contributed by atoms with Gasteiger partial charge in [0.1, 0.15) is 11.9 Å². The second-order valence-electron chi connectivity index (χ2n) is 2.98. The lowest BCUT2D eigenvalue weighted by molar-refractivity contribution is 1.09. The van der Waals surface area contributed by atoms with Gasteiger partial charge in [-0.1, -0.05) is 0 Å². The molecule has 0 saturated heterocycles. The first kappa shape index (κ1) is 11.0. The minimum atomic E-state index is 0.324. The summed E-state index contributed by atoms with van der Waals surface area (Å²) in [5, 5.41) is 13.7. The highest BCUT2D eigenvalue weighted by atomic mass is 79.9. The van der Waals surface area contributed by atoms with Crippen molar-refractivity contribution in [1.82, 2.24) is 9.97 Å². The van der Waals surface area contributed by atoms with Crippen molar-refractivity contribution in [1.29, 1.82) is 5.26 Å². The van der Waals surface area contributed by atoms with Crippen LogP contribution < -0.4 is 5.32 Å². The number of anilines is 1. The molecule has 2 rings (SSSR count). The number of halogens is 1. The van der Waals surface area contributed by atoms with E-state index >= 15 is 0 Å². The zero-order valence-corrected chi connectivity index (χ0v) is 10.5. The average molecular weight is 295 g/mol. The molecule has 0 bridgehead atoms. The third kappa shape index (κ3) is 2.78. The molecule has 0 aliphatic rings. The molecule has 0 atom stereocenters. The lowest BCUT2D eigenvalue weighted by Gasteiger charge is -2.02. The van der Waals surface area contributed by atoms with Gasteiger partial charge in [-0.05, 0) is 22.0 Å². The molecule has 0 amide bonds. The van der Waals surface area contributed by atoms with Crippen LogP contribution in [0.25, 0.3) is 0 Å². The molecular formula is C10H7BrN4S. The number of nitrogens with one attached hydrogen (secondary N) is 1. The van der Waals surface area contributed by atoms with Gasteiger partial charge in [0.25, 0.3) is 0 Å². The fourth-order valence-corrected chi connectivity index (χ4v) is 2.49. The fraction of sp³-hybridized carbons (Fsp3) is 0.100. The SMILES string of the molecule is N#Cc1cnc(NCc2cc(Br)cs2)cn1. The molecule has 0 aliphatic carbocycles. The molecule has 0 spiro atoms. The van der Waals surface area contributed by atoms with E-state index in [2.05, 4.69) is 37.3 Å². The van der Waals surface area contributed by atoms with E-state index in [0.717, 1.165) is 4.47 Å². The van der Waals surface area contributed by atoms with E-state index in [4.69, 9.17) is 5.26 Å².